The van der Waals surface area contributed by atoms with Crippen molar-refractivity contribution in [2.45, 2.75) is 25.8 Å². The number of hydrogen-bond donors (Lipinski definition) is 0. The van der Waals surface area contributed by atoms with Crippen LogP contribution in [0.25, 0.3) is 0 Å². The number of rotatable bonds is 1. The van der Waals surface area contributed by atoms with E-state index in [-0.39, 0.29) is 5.04 Å². The molecular weight excluding hydrogens is 200 g/mol. The Labute approximate surface area is 93.0 Å². The molecule has 0 aromatic heterocycles. The fourth-order valence-corrected chi connectivity index (χ4v) is 2.58. The SMILES string of the molecule is CC(C)(C)[Si]c1cccc(C#N)c1C#N. The fraction of sp³-hybridized carbons (Fsp3) is 0.333. The Morgan fingerprint density at radius 1 is 1.13 bits per heavy atom. The summed E-state index contributed by atoms with van der Waals surface area (Å²) in [6, 6.07) is 9.64. The molecule has 15 heavy (non-hydrogen) atoms. The van der Waals surface area contributed by atoms with E-state index in [0.29, 0.717) is 20.6 Å². The highest BCUT2D eigenvalue weighted by molar-refractivity contribution is 6.57. The van der Waals surface area contributed by atoms with E-state index in [1.165, 1.54) is 0 Å². The van der Waals surface area contributed by atoms with Crippen LogP contribution < -0.4 is 5.19 Å². The average molecular weight is 212 g/mol. The summed E-state index contributed by atoms with van der Waals surface area (Å²) in [5, 5.41) is 19.0. The summed E-state index contributed by atoms with van der Waals surface area (Å²) in [5.74, 6) is 0. The Morgan fingerprint density at radius 2 is 1.80 bits per heavy atom. The third-order valence-corrected chi connectivity index (χ3v) is 3.24. The molecule has 0 amide bonds. The average Bonchev–Trinajstić information content (AvgIpc) is 2.15. The highest BCUT2D eigenvalue weighted by Gasteiger charge is 2.17. The molecule has 0 fully saturated rings. The van der Waals surface area contributed by atoms with Crippen molar-refractivity contribution in [1.29, 1.82) is 10.5 Å². The summed E-state index contributed by atoms with van der Waals surface area (Å²) in [7, 11) is 0.545. The minimum Gasteiger partial charge on any atom is -0.192 e. The van der Waals surface area contributed by atoms with Crippen molar-refractivity contribution in [2.24, 2.45) is 0 Å². The molecule has 0 atom stereocenters. The van der Waals surface area contributed by atoms with Crippen molar-refractivity contribution >= 4 is 14.7 Å². The first-order valence-corrected chi connectivity index (χ1v) is 5.69. The first-order valence-electron chi connectivity index (χ1n) is 4.69. The van der Waals surface area contributed by atoms with Gasteiger partial charge in [0.05, 0.1) is 20.6 Å². The maximum absolute atomic E-state index is 9.03. The largest absolute Gasteiger partial charge is 0.192 e. The van der Waals surface area contributed by atoms with Gasteiger partial charge in [-0.25, -0.2) is 0 Å². The van der Waals surface area contributed by atoms with Crippen molar-refractivity contribution < 1.29 is 0 Å². The van der Waals surface area contributed by atoms with E-state index in [1.54, 1.807) is 6.07 Å². The lowest BCUT2D eigenvalue weighted by Gasteiger charge is -2.17. The molecule has 0 N–H and O–H groups in total. The number of nitriles is 2. The van der Waals surface area contributed by atoms with Gasteiger partial charge < -0.3 is 0 Å². The topological polar surface area (TPSA) is 47.6 Å². The van der Waals surface area contributed by atoms with Gasteiger partial charge in [-0.05, 0) is 16.3 Å². The molecule has 0 spiro atoms. The van der Waals surface area contributed by atoms with Gasteiger partial charge in [-0.3, -0.25) is 0 Å². The van der Waals surface area contributed by atoms with Crippen molar-refractivity contribution in [3.05, 3.63) is 29.3 Å². The second kappa shape index (κ2) is 4.29. The highest BCUT2D eigenvalue weighted by Crippen LogP contribution is 2.20. The minimum absolute atomic E-state index is 0.152. The van der Waals surface area contributed by atoms with Gasteiger partial charge in [0.1, 0.15) is 12.1 Å². The lowest BCUT2D eigenvalue weighted by atomic mass is 10.1. The Hall–Kier alpha value is -1.58. The Morgan fingerprint density at radius 3 is 2.27 bits per heavy atom. The maximum Gasteiger partial charge on any atom is 0.101 e. The molecule has 0 aliphatic rings. The molecule has 0 aliphatic heterocycles. The Kier molecular flexibility index (Phi) is 3.29. The Balaban J connectivity index is 3.21. The molecule has 0 heterocycles. The van der Waals surface area contributed by atoms with Crippen LogP contribution >= 0.6 is 0 Å². The predicted octanol–water partition coefficient (Wildman–Crippen LogP) is 1.98. The van der Waals surface area contributed by atoms with Gasteiger partial charge in [0.25, 0.3) is 0 Å². The van der Waals surface area contributed by atoms with Crippen LogP contribution in [0.5, 0.6) is 0 Å². The molecule has 0 saturated heterocycles. The molecule has 1 aromatic rings. The van der Waals surface area contributed by atoms with Crippen LogP contribution in [0.3, 0.4) is 0 Å². The smallest absolute Gasteiger partial charge is 0.101 e. The summed E-state index contributed by atoms with van der Waals surface area (Å²) in [5.41, 5.74) is 1.01. The van der Waals surface area contributed by atoms with Crippen LogP contribution in [-0.4, -0.2) is 9.52 Å². The lowest BCUT2D eigenvalue weighted by molar-refractivity contribution is 0.759. The molecule has 1 aromatic carbocycles. The van der Waals surface area contributed by atoms with Gasteiger partial charge in [0.15, 0.2) is 0 Å². The van der Waals surface area contributed by atoms with Gasteiger partial charge >= 0.3 is 0 Å². The standard InChI is InChI=1S/C12H12N2Si/c1-12(2,3)15-11-6-4-5-9(7-13)10(11)8-14/h4-6H,1-3H3. The molecule has 3 heteroatoms. The van der Waals surface area contributed by atoms with Gasteiger partial charge in [0.2, 0.25) is 0 Å². The third kappa shape index (κ3) is 2.94. The summed E-state index contributed by atoms with van der Waals surface area (Å²) in [4.78, 5) is 0. The second-order valence-electron chi connectivity index (χ2n) is 4.33. The van der Waals surface area contributed by atoms with E-state index in [1.807, 2.05) is 12.1 Å². The van der Waals surface area contributed by atoms with E-state index < -0.39 is 0 Å². The summed E-state index contributed by atoms with van der Waals surface area (Å²) >= 11 is 0. The van der Waals surface area contributed by atoms with E-state index >= 15 is 0 Å². The van der Waals surface area contributed by atoms with Gasteiger partial charge in [-0.1, -0.05) is 32.9 Å². The zero-order valence-corrected chi connectivity index (χ0v) is 10.1. The lowest BCUT2D eigenvalue weighted by Crippen LogP contribution is -2.26. The normalized spacial score (nSPS) is 10.5. The fourth-order valence-electron chi connectivity index (χ4n) is 1.27. The zero-order chi connectivity index (χ0) is 11.5. The van der Waals surface area contributed by atoms with Crippen LogP contribution in [0.1, 0.15) is 31.9 Å². The molecule has 0 unspecified atom stereocenters. The molecular formula is C12H12N2Si. The first-order chi connectivity index (χ1) is 6.98. The molecule has 2 radical (unpaired) electrons. The molecule has 0 saturated carbocycles. The van der Waals surface area contributed by atoms with Crippen LogP contribution in [0.2, 0.25) is 5.04 Å². The van der Waals surface area contributed by atoms with Crippen molar-refractivity contribution in [3.63, 3.8) is 0 Å². The van der Waals surface area contributed by atoms with Crippen LogP contribution in [-0.2, 0) is 0 Å². The quantitative estimate of drug-likeness (QED) is 0.668. The van der Waals surface area contributed by atoms with Gasteiger partial charge in [0, 0.05) is 0 Å². The molecule has 0 aliphatic carbocycles. The van der Waals surface area contributed by atoms with E-state index in [9.17, 15) is 0 Å². The van der Waals surface area contributed by atoms with Crippen molar-refractivity contribution in [1.82, 2.24) is 0 Å². The third-order valence-electron chi connectivity index (χ3n) is 1.81. The van der Waals surface area contributed by atoms with Crippen LogP contribution in [0.15, 0.2) is 18.2 Å². The minimum atomic E-state index is 0.152. The highest BCUT2D eigenvalue weighted by atomic mass is 28.2. The molecule has 74 valence electrons. The first kappa shape index (κ1) is 11.5. The summed E-state index contributed by atoms with van der Waals surface area (Å²) in [6.07, 6.45) is 0. The van der Waals surface area contributed by atoms with Crippen LogP contribution in [0.4, 0.5) is 0 Å². The van der Waals surface area contributed by atoms with Crippen molar-refractivity contribution in [2.75, 3.05) is 0 Å². The number of benzene rings is 1. The van der Waals surface area contributed by atoms with E-state index in [2.05, 4.69) is 32.9 Å². The molecule has 1 rings (SSSR count). The maximum atomic E-state index is 9.03. The van der Waals surface area contributed by atoms with Gasteiger partial charge in [-0.2, -0.15) is 10.5 Å². The predicted molar refractivity (Wildman–Crippen MR) is 61.0 cm³/mol. The summed E-state index contributed by atoms with van der Waals surface area (Å²) < 4.78 is 0. The van der Waals surface area contributed by atoms with Gasteiger partial charge in [-0.15, -0.1) is 0 Å². The molecule has 2 nitrogen and oxygen atoms in total. The zero-order valence-electron chi connectivity index (χ0n) is 9.13. The number of hydrogen-bond acceptors (Lipinski definition) is 2. The number of nitrogens with zero attached hydrogens (tertiary/aromatic N) is 2. The van der Waals surface area contributed by atoms with E-state index in [0.717, 1.165) is 5.19 Å². The van der Waals surface area contributed by atoms with Crippen molar-refractivity contribution in [3.8, 4) is 12.1 Å². The Bertz CT molecular complexity index is 444. The monoisotopic (exact) mass is 212 g/mol. The van der Waals surface area contributed by atoms with Crippen LogP contribution in [0, 0.1) is 22.7 Å². The second-order valence-corrected chi connectivity index (χ2v) is 6.62. The summed E-state index contributed by atoms with van der Waals surface area (Å²) in [6.45, 7) is 6.39. The van der Waals surface area contributed by atoms with E-state index in [4.69, 9.17) is 10.5 Å². The molecule has 0 bridgehead atoms.